The van der Waals surface area contributed by atoms with Gasteiger partial charge < -0.3 is 10.5 Å². The van der Waals surface area contributed by atoms with Gasteiger partial charge in [-0.25, -0.2) is 12.8 Å². The summed E-state index contributed by atoms with van der Waals surface area (Å²) in [5.74, 6) is -0.543. The molecule has 0 aliphatic carbocycles. The molecule has 2 heterocycles. The number of aliphatic imine (C=N–C) groups is 1. The van der Waals surface area contributed by atoms with E-state index in [1.54, 1.807) is 12.1 Å². The maximum Gasteiger partial charge on any atom is 0.170 e. The number of ether oxygens (including phenoxy) is 1. The number of sulfone groups is 1. The SMILES string of the molecule is CC1(C)C(N)=NC2(c3cc(Br)ccc3F)COCC2S1(=O)=O. The van der Waals surface area contributed by atoms with Gasteiger partial charge in [-0.15, -0.1) is 0 Å². The molecule has 22 heavy (non-hydrogen) atoms. The van der Waals surface area contributed by atoms with Crippen LogP contribution >= 0.6 is 15.9 Å². The first kappa shape index (κ1) is 15.9. The summed E-state index contributed by atoms with van der Waals surface area (Å²) in [5.41, 5.74) is 4.80. The minimum absolute atomic E-state index is 0.0128. The van der Waals surface area contributed by atoms with E-state index in [-0.39, 0.29) is 24.6 Å². The lowest BCUT2D eigenvalue weighted by molar-refractivity contribution is 0.178. The zero-order chi connectivity index (χ0) is 16.3. The van der Waals surface area contributed by atoms with Gasteiger partial charge in [0.15, 0.2) is 9.84 Å². The van der Waals surface area contributed by atoms with Crippen molar-refractivity contribution in [3.63, 3.8) is 0 Å². The molecule has 0 radical (unpaired) electrons. The van der Waals surface area contributed by atoms with Crippen LogP contribution in [0.4, 0.5) is 4.39 Å². The molecule has 0 amide bonds. The Bertz CT molecular complexity index is 778. The zero-order valence-electron chi connectivity index (χ0n) is 12.1. The number of nitrogens with zero attached hydrogens (tertiary/aromatic N) is 1. The summed E-state index contributed by atoms with van der Waals surface area (Å²) < 4.78 is 45.0. The number of benzene rings is 1. The van der Waals surface area contributed by atoms with Gasteiger partial charge >= 0.3 is 0 Å². The van der Waals surface area contributed by atoms with Crippen molar-refractivity contribution >= 4 is 31.6 Å². The second-order valence-electron chi connectivity index (χ2n) is 6.10. The first-order chi connectivity index (χ1) is 10.1. The van der Waals surface area contributed by atoms with E-state index >= 15 is 0 Å². The molecule has 5 nitrogen and oxygen atoms in total. The molecule has 1 aromatic carbocycles. The highest BCUT2D eigenvalue weighted by molar-refractivity contribution is 9.10. The van der Waals surface area contributed by atoms with E-state index in [1.807, 2.05) is 0 Å². The monoisotopic (exact) mass is 390 g/mol. The number of rotatable bonds is 1. The average molecular weight is 391 g/mol. The van der Waals surface area contributed by atoms with Crippen molar-refractivity contribution in [2.45, 2.75) is 29.4 Å². The molecule has 1 saturated heterocycles. The van der Waals surface area contributed by atoms with Crippen LogP contribution in [0.2, 0.25) is 0 Å². The highest BCUT2D eigenvalue weighted by atomic mass is 79.9. The Morgan fingerprint density at radius 3 is 2.82 bits per heavy atom. The normalized spacial score (nSPS) is 32.4. The number of amidine groups is 1. The van der Waals surface area contributed by atoms with Crippen LogP contribution in [0.15, 0.2) is 27.7 Å². The molecule has 2 atom stereocenters. The molecular formula is C14H16BrFN2O3S. The van der Waals surface area contributed by atoms with Gasteiger partial charge in [0.1, 0.15) is 27.2 Å². The van der Waals surface area contributed by atoms with Crippen LogP contribution in [-0.4, -0.2) is 37.5 Å². The van der Waals surface area contributed by atoms with E-state index in [4.69, 9.17) is 10.5 Å². The van der Waals surface area contributed by atoms with Gasteiger partial charge in [-0.05, 0) is 32.0 Å². The van der Waals surface area contributed by atoms with Crippen molar-refractivity contribution in [2.24, 2.45) is 10.7 Å². The van der Waals surface area contributed by atoms with E-state index in [1.165, 1.54) is 19.9 Å². The Labute approximate surface area is 136 Å². The molecule has 8 heteroatoms. The molecule has 1 fully saturated rings. The van der Waals surface area contributed by atoms with Crippen molar-refractivity contribution < 1.29 is 17.5 Å². The maximum absolute atomic E-state index is 14.4. The second kappa shape index (κ2) is 4.75. The molecule has 0 spiro atoms. The van der Waals surface area contributed by atoms with Gasteiger partial charge in [0.05, 0.1) is 13.2 Å². The standard InChI is InChI=1S/C14H16BrFN2O3S/c1-13(2)12(17)18-14(7-21-6-11(14)22(13,19)20)9-5-8(15)3-4-10(9)16/h3-5,11H,6-7H2,1-2H3,(H2,17,18). The van der Waals surface area contributed by atoms with E-state index in [9.17, 15) is 12.8 Å². The second-order valence-corrected chi connectivity index (χ2v) is 9.70. The summed E-state index contributed by atoms with van der Waals surface area (Å²) in [4.78, 5) is 4.43. The fourth-order valence-electron chi connectivity index (χ4n) is 2.99. The summed E-state index contributed by atoms with van der Waals surface area (Å²) in [6, 6.07) is 4.37. The van der Waals surface area contributed by atoms with Crippen LogP contribution in [-0.2, 0) is 20.1 Å². The molecule has 1 aromatic rings. The molecule has 2 unspecified atom stereocenters. The van der Waals surface area contributed by atoms with Crippen LogP contribution in [0.25, 0.3) is 0 Å². The number of fused-ring (bicyclic) bond motifs is 1. The van der Waals surface area contributed by atoms with Gasteiger partial charge in [0.2, 0.25) is 0 Å². The fraction of sp³-hybridized carbons (Fsp3) is 0.500. The minimum Gasteiger partial charge on any atom is -0.386 e. The molecule has 0 saturated carbocycles. The smallest absolute Gasteiger partial charge is 0.170 e. The van der Waals surface area contributed by atoms with Gasteiger partial charge in [0.25, 0.3) is 0 Å². The lowest BCUT2D eigenvalue weighted by Gasteiger charge is -2.41. The lowest BCUT2D eigenvalue weighted by Crippen LogP contribution is -2.60. The first-order valence-corrected chi connectivity index (χ1v) is 9.09. The van der Waals surface area contributed by atoms with E-state index < -0.39 is 31.2 Å². The van der Waals surface area contributed by atoms with Gasteiger partial charge in [0, 0.05) is 10.0 Å². The summed E-state index contributed by atoms with van der Waals surface area (Å²) in [7, 11) is -3.69. The van der Waals surface area contributed by atoms with Crippen molar-refractivity contribution in [1.82, 2.24) is 0 Å². The Morgan fingerprint density at radius 1 is 1.45 bits per heavy atom. The number of hydrogen-bond donors (Lipinski definition) is 1. The van der Waals surface area contributed by atoms with E-state index in [0.29, 0.717) is 4.47 Å². The quantitative estimate of drug-likeness (QED) is 0.791. The van der Waals surface area contributed by atoms with Crippen molar-refractivity contribution in [2.75, 3.05) is 13.2 Å². The van der Waals surface area contributed by atoms with Crippen molar-refractivity contribution in [1.29, 1.82) is 0 Å². The average Bonchev–Trinajstić information content (AvgIpc) is 2.85. The van der Waals surface area contributed by atoms with Gasteiger partial charge in [-0.1, -0.05) is 15.9 Å². The molecule has 2 aliphatic heterocycles. The summed E-state index contributed by atoms with van der Waals surface area (Å²) in [5, 5.41) is -0.953. The van der Waals surface area contributed by atoms with Crippen LogP contribution in [0.3, 0.4) is 0 Å². The number of nitrogens with two attached hydrogens (primary N) is 1. The van der Waals surface area contributed by atoms with Crippen LogP contribution in [0, 0.1) is 5.82 Å². The van der Waals surface area contributed by atoms with Crippen LogP contribution < -0.4 is 5.73 Å². The van der Waals surface area contributed by atoms with E-state index in [2.05, 4.69) is 20.9 Å². The Balaban J connectivity index is 2.33. The topological polar surface area (TPSA) is 81.8 Å². The molecule has 2 N–H and O–H groups in total. The molecule has 2 aliphatic rings. The minimum atomic E-state index is -3.69. The number of halogens is 2. The molecule has 0 bridgehead atoms. The highest BCUT2D eigenvalue weighted by Crippen LogP contribution is 2.47. The van der Waals surface area contributed by atoms with Gasteiger partial charge in [-0.2, -0.15) is 0 Å². The highest BCUT2D eigenvalue weighted by Gasteiger charge is 2.61. The summed E-state index contributed by atoms with van der Waals surface area (Å²) >= 11 is 3.29. The third kappa shape index (κ3) is 1.90. The third-order valence-electron chi connectivity index (χ3n) is 4.54. The van der Waals surface area contributed by atoms with Gasteiger partial charge in [-0.3, -0.25) is 4.99 Å². The molecule has 0 aromatic heterocycles. The zero-order valence-corrected chi connectivity index (χ0v) is 14.5. The summed E-state index contributed by atoms with van der Waals surface area (Å²) in [6.45, 7) is 3.00. The van der Waals surface area contributed by atoms with Crippen LogP contribution in [0.5, 0.6) is 0 Å². The third-order valence-corrected chi connectivity index (χ3v) is 7.94. The number of hydrogen-bond acceptors (Lipinski definition) is 5. The van der Waals surface area contributed by atoms with Crippen molar-refractivity contribution in [3.8, 4) is 0 Å². The van der Waals surface area contributed by atoms with E-state index in [0.717, 1.165) is 0 Å². The lowest BCUT2D eigenvalue weighted by atomic mass is 9.88. The van der Waals surface area contributed by atoms with Crippen LogP contribution in [0.1, 0.15) is 19.4 Å². The predicted octanol–water partition coefficient (Wildman–Crippen LogP) is 1.75. The predicted molar refractivity (Wildman–Crippen MR) is 85.0 cm³/mol. The molecule has 3 rings (SSSR count). The summed E-state index contributed by atoms with van der Waals surface area (Å²) in [6.07, 6.45) is 0. The molecule has 120 valence electrons. The maximum atomic E-state index is 14.4. The first-order valence-electron chi connectivity index (χ1n) is 6.75. The fourth-order valence-corrected chi connectivity index (χ4v) is 5.44. The Kier molecular flexibility index (Phi) is 3.43. The molecular weight excluding hydrogens is 375 g/mol. The van der Waals surface area contributed by atoms with Crippen molar-refractivity contribution in [3.05, 3.63) is 34.1 Å². The Hall–Kier alpha value is -0.990. The Morgan fingerprint density at radius 2 is 2.14 bits per heavy atom. The largest absolute Gasteiger partial charge is 0.386 e.